The van der Waals surface area contributed by atoms with Gasteiger partial charge in [-0.25, -0.2) is 8.42 Å². The Morgan fingerprint density at radius 1 is 1.00 bits per heavy atom. The summed E-state index contributed by atoms with van der Waals surface area (Å²) in [5.41, 5.74) is 0.451. The lowest BCUT2D eigenvalue weighted by Gasteiger charge is -2.20. The fourth-order valence-electron chi connectivity index (χ4n) is 3.00. The van der Waals surface area contributed by atoms with Crippen molar-refractivity contribution in [2.24, 2.45) is 0 Å². The van der Waals surface area contributed by atoms with Crippen LogP contribution < -0.4 is 10.6 Å². The van der Waals surface area contributed by atoms with Gasteiger partial charge in [0.2, 0.25) is 15.9 Å². The number of hydrogen-bond acceptors (Lipinski definition) is 5. The zero-order chi connectivity index (χ0) is 20.0. The van der Waals surface area contributed by atoms with Crippen LogP contribution in [0.1, 0.15) is 36.2 Å². The minimum Gasteiger partial charge on any atom is -0.459 e. The third-order valence-electron chi connectivity index (χ3n) is 4.50. The predicted octanol–water partition coefficient (Wildman–Crippen LogP) is 2.21. The molecule has 150 valence electrons. The summed E-state index contributed by atoms with van der Waals surface area (Å²) in [5.74, 6) is -0.794. The maximum Gasteiger partial charge on any atom is 0.287 e. The maximum atomic E-state index is 12.7. The lowest BCUT2D eigenvalue weighted by Crippen LogP contribution is -2.33. The van der Waals surface area contributed by atoms with Crippen LogP contribution in [-0.2, 0) is 14.8 Å². The van der Waals surface area contributed by atoms with Gasteiger partial charge in [0.25, 0.3) is 5.91 Å². The molecule has 0 saturated carbocycles. The van der Waals surface area contributed by atoms with Gasteiger partial charge in [0.15, 0.2) is 5.76 Å². The van der Waals surface area contributed by atoms with Crippen molar-refractivity contribution in [3.05, 3.63) is 48.4 Å². The van der Waals surface area contributed by atoms with E-state index >= 15 is 0 Å². The van der Waals surface area contributed by atoms with Crippen LogP contribution in [0.3, 0.4) is 0 Å². The molecule has 2 heterocycles. The zero-order valence-electron chi connectivity index (χ0n) is 15.4. The van der Waals surface area contributed by atoms with Crippen LogP contribution in [0.4, 0.5) is 5.69 Å². The molecule has 2 N–H and O–H groups in total. The number of benzene rings is 1. The van der Waals surface area contributed by atoms with Crippen LogP contribution in [-0.4, -0.2) is 44.2 Å². The molecule has 1 fully saturated rings. The van der Waals surface area contributed by atoms with E-state index in [1.807, 2.05) is 0 Å². The summed E-state index contributed by atoms with van der Waals surface area (Å²) in [4.78, 5) is 23.9. The molecule has 2 amide bonds. The van der Waals surface area contributed by atoms with Crippen molar-refractivity contribution in [3.63, 3.8) is 0 Å². The highest BCUT2D eigenvalue weighted by molar-refractivity contribution is 7.89. The second-order valence-corrected chi connectivity index (χ2v) is 8.49. The van der Waals surface area contributed by atoms with E-state index in [1.54, 1.807) is 6.07 Å². The molecule has 9 heteroatoms. The molecule has 3 rings (SSSR count). The van der Waals surface area contributed by atoms with Crippen molar-refractivity contribution in [2.75, 3.05) is 25.0 Å². The van der Waals surface area contributed by atoms with Crippen molar-refractivity contribution in [3.8, 4) is 0 Å². The molecule has 1 aromatic heterocycles. The summed E-state index contributed by atoms with van der Waals surface area (Å²) in [5, 5.41) is 5.06. The van der Waals surface area contributed by atoms with Gasteiger partial charge < -0.3 is 15.1 Å². The molecule has 0 atom stereocenters. The van der Waals surface area contributed by atoms with E-state index < -0.39 is 21.8 Å². The summed E-state index contributed by atoms with van der Waals surface area (Å²) < 4.78 is 32.0. The first-order valence-corrected chi connectivity index (χ1v) is 10.6. The SMILES string of the molecule is O=C(CNC(=O)c1ccco1)Nc1ccc(S(=O)(=O)N2CCCCCC2)cc1. The number of amides is 2. The molecule has 0 radical (unpaired) electrons. The molecule has 8 nitrogen and oxygen atoms in total. The van der Waals surface area contributed by atoms with E-state index in [-0.39, 0.29) is 17.2 Å². The van der Waals surface area contributed by atoms with E-state index in [4.69, 9.17) is 4.42 Å². The topological polar surface area (TPSA) is 109 Å². The van der Waals surface area contributed by atoms with Crippen LogP contribution in [0.15, 0.2) is 52.0 Å². The van der Waals surface area contributed by atoms with Gasteiger partial charge in [0, 0.05) is 18.8 Å². The molecule has 0 unspecified atom stereocenters. The summed E-state index contributed by atoms with van der Waals surface area (Å²) in [6.45, 7) is 0.847. The number of anilines is 1. The van der Waals surface area contributed by atoms with Crippen molar-refractivity contribution in [1.29, 1.82) is 0 Å². The van der Waals surface area contributed by atoms with Gasteiger partial charge in [0.1, 0.15) is 0 Å². The van der Waals surface area contributed by atoms with Crippen LogP contribution in [0.25, 0.3) is 0 Å². The highest BCUT2D eigenvalue weighted by atomic mass is 32.2. The first kappa shape index (κ1) is 20.1. The van der Waals surface area contributed by atoms with Gasteiger partial charge in [-0.1, -0.05) is 12.8 Å². The van der Waals surface area contributed by atoms with Crippen LogP contribution in [0.5, 0.6) is 0 Å². The Balaban J connectivity index is 1.56. The highest BCUT2D eigenvalue weighted by Gasteiger charge is 2.25. The first-order chi connectivity index (χ1) is 13.5. The van der Waals surface area contributed by atoms with E-state index in [1.165, 1.54) is 40.9 Å². The zero-order valence-corrected chi connectivity index (χ0v) is 16.2. The van der Waals surface area contributed by atoms with Crippen molar-refractivity contribution < 1.29 is 22.4 Å². The normalized spacial score (nSPS) is 15.6. The molecule has 1 saturated heterocycles. The average Bonchev–Trinajstić information content (AvgIpc) is 3.08. The molecule has 28 heavy (non-hydrogen) atoms. The van der Waals surface area contributed by atoms with E-state index in [0.717, 1.165) is 25.7 Å². The molecule has 0 spiro atoms. The first-order valence-electron chi connectivity index (χ1n) is 9.18. The second-order valence-electron chi connectivity index (χ2n) is 6.55. The molecular weight excluding hydrogens is 382 g/mol. The molecule has 1 aromatic carbocycles. The number of furan rings is 1. The Kier molecular flexibility index (Phi) is 6.48. The Morgan fingerprint density at radius 3 is 2.29 bits per heavy atom. The molecule has 1 aliphatic heterocycles. The number of nitrogens with zero attached hydrogens (tertiary/aromatic N) is 1. The van der Waals surface area contributed by atoms with Crippen molar-refractivity contribution in [2.45, 2.75) is 30.6 Å². The lowest BCUT2D eigenvalue weighted by atomic mass is 10.2. The maximum absolute atomic E-state index is 12.7. The Hall–Kier alpha value is -2.65. The number of hydrogen-bond donors (Lipinski definition) is 2. The standard InChI is InChI=1S/C19H23N3O5S/c23-18(14-20-19(24)17-6-5-13-27-17)21-15-7-9-16(10-8-15)28(25,26)22-11-3-1-2-4-12-22/h5-10,13H,1-4,11-12,14H2,(H,20,24)(H,21,23). The lowest BCUT2D eigenvalue weighted by molar-refractivity contribution is -0.115. The average molecular weight is 405 g/mol. The Labute approximate surface area is 164 Å². The van der Waals surface area contributed by atoms with Crippen LogP contribution >= 0.6 is 0 Å². The van der Waals surface area contributed by atoms with Gasteiger partial charge in [-0.05, 0) is 49.2 Å². The van der Waals surface area contributed by atoms with E-state index in [0.29, 0.717) is 18.8 Å². The summed E-state index contributed by atoms with van der Waals surface area (Å²) in [6, 6.07) is 9.12. The third-order valence-corrected chi connectivity index (χ3v) is 6.41. The molecule has 0 bridgehead atoms. The van der Waals surface area contributed by atoms with E-state index in [9.17, 15) is 18.0 Å². The number of rotatable bonds is 6. The number of sulfonamides is 1. The quantitative estimate of drug-likeness (QED) is 0.766. The van der Waals surface area contributed by atoms with Gasteiger partial charge in [0.05, 0.1) is 17.7 Å². The number of nitrogens with one attached hydrogen (secondary N) is 2. The van der Waals surface area contributed by atoms with Gasteiger partial charge >= 0.3 is 0 Å². The monoisotopic (exact) mass is 405 g/mol. The smallest absolute Gasteiger partial charge is 0.287 e. The fourth-order valence-corrected chi connectivity index (χ4v) is 4.52. The number of carbonyl (C=O) groups is 2. The number of carbonyl (C=O) groups excluding carboxylic acids is 2. The summed E-state index contributed by atoms with van der Waals surface area (Å²) in [7, 11) is -3.52. The van der Waals surface area contributed by atoms with Crippen LogP contribution in [0, 0.1) is 0 Å². The summed E-state index contributed by atoms with van der Waals surface area (Å²) in [6.07, 6.45) is 5.21. The second kappa shape index (κ2) is 9.03. The van der Waals surface area contributed by atoms with Crippen LogP contribution in [0.2, 0.25) is 0 Å². The predicted molar refractivity (Wildman–Crippen MR) is 103 cm³/mol. The molecular formula is C19H23N3O5S. The molecule has 1 aliphatic rings. The Bertz CT molecular complexity index is 900. The fraction of sp³-hybridized carbons (Fsp3) is 0.368. The third kappa shape index (κ3) is 4.99. The highest BCUT2D eigenvalue weighted by Crippen LogP contribution is 2.21. The minimum absolute atomic E-state index is 0.121. The van der Waals surface area contributed by atoms with Gasteiger partial charge in [-0.3, -0.25) is 9.59 Å². The van der Waals surface area contributed by atoms with Crippen molar-refractivity contribution in [1.82, 2.24) is 9.62 Å². The largest absolute Gasteiger partial charge is 0.459 e. The minimum atomic E-state index is -3.52. The summed E-state index contributed by atoms with van der Waals surface area (Å²) >= 11 is 0. The van der Waals surface area contributed by atoms with Crippen molar-refractivity contribution >= 4 is 27.5 Å². The molecule has 2 aromatic rings. The van der Waals surface area contributed by atoms with Gasteiger partial charge in [-0.2, -0.15) is 4.31 Å². The Morgan fingerprint density at radius 2 is 1.68 bits per heavy atom. The van der Waals surface area contributed by atoms with E-state index in [2.05, 4.69) is 10.6 Å². The van der Waals surface area contributed by atoms with Gasteiger partial charge in [-0.15, -0.1) is 0 Å². The molecule has 0 aliphatic carbocycles.